The van der Waals surface area contributed by atoms with Gasteiger partial charge in [0.15, 0.2) is 0 Å². The van der Waals surface area contributed by atoms with Crippen LogP contribution in [0.15, 0.2) is 42.5 Å². The Labute approximate surface area is 156 Å². The van der Waals surface area contributed by atoms with Gasteiger partial charge in [-0.3, -0.25) is 19.3 Å². The minimum absolute atomic E-state index is 0.159. The van der Waals surface area contributed by atoms with Gasteiger partial charge in [0.25, 0.3) is 5.91 Å². The van der Waals surface area contributed by atoms with Crippen LogP contribution in [0.4, 0.5) is 5.69 Å². The molecule has 3 rings (SSSR count). The van der Waals surface area contributed by atoms with Crippen molar-refractivity contribution < 1.29 is 23.9 Å². The van der Waals surface area contributed by atoms with Crippen molar-refractivity contribution in [2.45, 2.75) is 19.4 Å². The van der Waals surface area contributed by atoms with Gasteiger partial charge in [-0.25, -0.2) is 0 Å². The third-order valence-corrected chi connectivity index (χ3v) is 4.32. The first-order valence-electron chi connectivity index (χ1n) is 8.46. The Balaban J connectivity index is 1.69. The molecule has 0 atom stereocenters. The van der Waals surface area contributed by atoms with Crippen LogP contribution in [0.25, 0.3) is 0 Å². The second-order valence-electron chi connectivity index (χ2n) is 6.13. The lowest BCUT2D eigenvalue weighted by Crippen LogP contribution is -2.28. The van der Waals surface area contributed by atoms with Crippen LogP contribution in [0, 0.1) is 0 Å². The van der Waals surface area contributed by atoms with E-state index in [0.29, 0.717) is 22.7 Å². The molecule has 27 heavy (non-hydrogen) atoms. The van der Waals surface area contributed by atoms with Crippen molar-refractivity contribution in [3.05, 3.63) is 53.6 Å². The number of carbonyl (C=O) groups excluding carboxylic acids is 3. The average Bonchev–Trinajstić information content (AvgIpc) is 3.00. The lowest BCUT2D eigenvalue weighted by atomic mass is 10.1. The van der Waals surface area contributed by atoms with Crippen LogP contribution in [0.2, 0.25) is 0 Å². The highest BCUT2D eigenvalue weighted by Crippen LogP contribution is 2.26. The predicted molar refractivity (Wildman–Crippen MR) is 98.7 cm³/mol. The molecule has 140 valence electrons. The first-order valence-corrected chi connectivity index (χ1v) is 8.46. The monoisotopic (exact) mass is 368 g/mol. The number of amides is 3. The SMILES string of the molecule is COc1cc(NC(=O)c2ccc(CN3C(=O)CCC3=O)cc2)cc(OC)c1. The van der Waals surface area contributed by atoms with E-state index in [1.165, 1.54) is 19.1 Å². The molecule has 0 saturated carbocycles. The molecular formula is C20H20N2O5. The Morgan fingerprint density at radius 3 is 2.04 bits per heavy atom. The fourth-order valence-corrected chi connectivity index (χ4v) is 2.83. The normalized spacial score (nSPS) is 13.6. The number of carbonyl (C=O) groups is 3. The van der Waals surface area contributed by atoms with E-state index in [-0.39, 0.29) is 37.1 Å². The molecule has 1 fully saturated rings. The van der Waals surface area contributed by atoms with E-state index in [9.17, 15) is 14.4 Å². The maximum absolute atomic E-state index is 12.5. The van der Waals surface area contributed by atoms with Crippen LogP contribution in [-0.4, -0.2) is 36.8 Å². The highest BCUT2D eigenvalue weighted by atomic mass is 16.5. The van der Waals surface area contributed by atoms with Crippen LogP contribution in [-0.2, 0) is 16.1 Å². The number of nitrogens with zero attached hydrogens (tertiary/aromatic N) is 1. The summed E-state index contributed by atoms with van der Waals surface area (Å²) in [6, 6.07) is 11.9. The molecule has 1 saturated heterocycles. The molecular weight excluding hydrogens is 348 g/mol. The molecule has 1 aliphatic rings. The van der Waals surface area contributed by atoms with E-state index in [1.54, 1.807) is 42.5 Å². The summed E-state index contributed by atoms with van der Waals surface area (Å²) in [6.45, 7) is 0.229. The quantitative estimate of drug-likeness (QED) is 0.792. The second kappa shape index (κ2) is 7.90. The minimum atomic E-state index is -0.287. The van der Waals surface area contributed by atoms with E-state index in [0.717, 1.165) is 5.56 Å². The summed E-state index contributed by atoms with van der Waals surface area (Å²) < 4.78 is 10.4. The summed E-state index contributed by atoms with van der Waals surface area (Å²) in [5, 5.41) is 2.80. The number of hydrogen-bond donors (Lipinski definition) is 1. The molecule has 0 bridgehead atoms. The third-order valence-electron chi connectivity index (χ3n) is 4.32. The summed E-state index contributed by atoms with van der Waals surface area (Å²) in [5.41, 5.74) is 1.80. The standard InChI is InChI=1S/C20H20N2O5/c1-26-16-9-15(10-17(11-16)27-2)21-20(25)14-5-3-13(4-6-14)12-22-18(23)7-8-19(22)24/h3-6,9-11H,7-8,12H2,1-2H3,(H,21,25). The van der Waals surface area contributed by atoms with Crippen molar-refractivity contribution in [2.75, 3.05) is 19.5 Å². The number of rotatable bonds is 6. The van der Waals surface area contributed by atoms with E-state index < -0.39 is 0 Å². The second-order valence-corrected chi connectivity index (χ2v) is 6.13. The summed E-state index contributed by atoms with van der Waals surface area (Å²) in [5.74, 6) is 0.535. The van der Waals surface area contributed by atoms with Gasteiger partial charge < -0.3 is 14.8 Å². The molecule has 0 unspecified atom stereocenters. The summed E-state index contributed by atoms with van der Waals surface area (Å²) in [7, 11) is 3.07. The number of nitrogens with one attached hydrogen (secondary N) is 1. The smallest absolute Gasteiger partial charge is 0.255 e. The van der Waals surface area contributed by atoms with Gasteiger partial charge in [0.2, 0.25) is 11.8 Å². The number of imide groups is 1. The number of hydrogen-bond acceptors (Lipinski definition) is 5. The molecule has 7 heteroatoms. The Hall–Kier alpha value is -3.35. The minimum Gasteiger partial charge on any atom is -0.497 e. The number of anilines is 1. The summed E-state index contributed by atoms with van der Waals surface area (Å²) in [4.78, 5) is 37.1. The zero-order valence-corrected chi connectivity index (χ0v) is 15.2. The Morgan fingerprint density at radius 1 is 0.963 bits per heavy atom. The third kappa shape index (κ3) is 4.25. The zero-order chi connectivity index (χ0) is 19.4. The first-order chi connectivity index (χ1) is 13.0. The molecule has 3 amide bonds. The highest BCUT2D eigenvalue weighted by molar-refractivity contribution is 6.04. The average molecular weight is 368 g/mol. The van der Waals surface area contributed by atoms with Gasteiger partial charge >= 0.3 is 0 Å². The Kier molecular flexibility index (Phi) is 5.40. The summed E-state index contributed by atoms with van der Waals surface area (Å²) in [6.07, 6.45) is 0.534. The van der Waals surface area contributed by atoms with E-state index in [2.05, 4.69) is 5.32 Å². The molecule has 0 aliphatic carbocycles. The van der Waals surface area contributed by atoms with Gasteiger partial charge in [-0.1, -0.05) is 12.1 Å². The maximum atomic E-state index is 12.5. The Bertz CT molecular complexity index is 838. The molecule has 1 N–H and O–H groups in total. The number of ether oxygens (including phenoxy) is 2. The zero-order valence-electron chi connectivity index (χ0n) is 15.2. The Morgan fingerprint density at radius 2 is 1.52 bits per heavy atom. The van der Waals surface area contributed by atoms with Crippen LogP contribution in [0.1, 0.15) is 28.8 Å². The molecule has 7 nitrogen and oxygen atoms in total. The van der Waals surface area contributed by atoms with Crippen LogP contribution in [0.3, 0.4) is 0 Å². The van der Waals surface area contributed by atoms with Crippen molar-refractivity contribution in [1.82, 2.24) is 4.90 Å². The molecule has 2 aromatic rings. The van der Waals surface area contributed by atoms with Gasteiger partial charge in [0, 0.05) is 42.3 Å². The van der Waals surface area contributed by atoms with Crippen molar-refractivity contribution in [3.8, 4) is 11.5 Å². The fraction of sp³-hybridized carbons (Fsp3) is 0.250. The largest absolute Gasteiger partial charge is 0.497 e. The van der Waals surface area contributed by atoms with Crippen molar-refractivity contribution >= 4 is 23.4 Å². The lowest BCUT2D eigenvalue weighted by Gasteiger charge is -2.14. The molecule has 0 aromatic heterocycles. The van der Waals surface area contributed by atoms with Crippen molar-refractivity contribution in [3.63, 3.8) is 0 Å². The van der Waals surface area contributed by atoms with Crippen LogP contribution in [0.5, 0.6) is 11.5 Å². The molecule has 1 aliphatic heterocycles. The van der Waals surface area contributed by atoms with E-state index in [1.807, 2.05) is 0 Å². The molecule has 1 heterocycles. The number of methoxy groups -OCH3 is 2. The fourth-order valence-electron chi connectivity index (χ4n) is 2.83. The molecule has 2 aromatic carbocycles. The van der Waals surface area contributed by atoms with Gasteiger partial charge in [-0.2, -0.15) is 0 Å². The van der Waals surface area contributed by atoms with Gasteiger partial charge in [0.1, 0.15) is 11.5 Å². The first kappa shape index (κ1) is 18.4. The maximum Gasteiger partial charge on any atom is 0.255 e. The van der Waals surface area contributed by atoms with E-state index >= 15 is 0 Å². The highest BCUT2D eigenvalue weighted by Gasteiger charge is 2.28. The van der Waals surface area contributed by atoms with Crippen LogP contribution < -0.4 is 14.8 Å². The van der Waals surface area contributed by atoms with Gasteiger partial charge in [-0.05, 0) is 17.7 Å². The topological polar surface area (TPSA) is 84.9 Å². The van der Waals surface area contributed by atoms with Crippen molar-refractivity contribution in [1.29, 1.82) is 0 Å². The van der Waals surface area contributed by atoms with Gasteiger partial charge in [0.05, 0.1) is 20.8 Å². The molecule has 0 radical (unpaired) electrons. The van der Waals surface area contributed by atoms with Gasteiger partial charge in [-0.15, -0.1) is 0 Å². The van der Waals surface area contributed by atoms with Crippen LogP contribution >= 0.6 is 0 Å². The molecule has 0 spiro atoms. The van der Waals surface area contributed by atoms with E-state index in [4.69, 9.17) is 9.47 Å². The van der Waals surface area contributed by atoms with Crippen molar-refractivity contribution in [2.24, 2.45) is 0 Å². The number of likely N-dealkylation sites (tertiary alicyclic amines) is 1. The summed E-state index contributed by atoms with van der Waals surface area (Å²) >= 11 is 0. The lowest BCUT2D eigenvalue weighted by molar-refractivity contribution is -0.139. The number of benzene rings is 2. The predicted octanol–water partition coefficient (Wildman–Crippen LogP) is 2.61.